The van der Waals surface area contributed by atoms with Gasteiger partial charge in [-0.15, -0.1) is 5.10 Å². The van der Waals surface area contributed by atoms with Crippen LogP contribution in [0.25, 0.3) is 11.4 Å². The molecule has 1 aromatic carbocycles. The zero-order valence-electron chi connectivity index (χ0n) is 12.8. The van der Waals surface area contributed by atoms with Gasteiger partial charge in [-0.3, -0.25) is 0 Å². The molecule has 1 aliphatic carbocycles. The molecule has 5 nitrogen and oxygen atoms in total. The van der Waals surface area contributed by atoms with Crippen LogP contribution in [0.5, 0.6) is 0 Å². The molecule has 1 fully saturated rings. The first-order chi connectivity index (χ1) is 10.2. The molecule has 1 heterocycles. The molecular formula is C16H23N5. The van der Waals surface area contributed by atoms with E-state index in [0.29, 0.717) is 12.0 Å². The third-order valence-corrected chi connectivity index (χ3v) is 4.61. The smallest absolute Gasteiger partial charge is 0.182 e. The first-order valence-electron chi connectivity index (χ1n) is 7.81. The highest BCUT2D eigenvalue weighted by molar-refractivity contribution is 5.63. The Morgan fingerprint density at radius 2 is 2.00 bits per heavy atom. The van der Waals surface area contributed by atoms with Crippen molar-refractivity contribution in [2.75, 3.05) is 5.73 Å². The van der Waals surface area contributed by atoms with Gasteiger partial charge in [-0.2, -0.15) is 0 Å². The number of aryl methyl sites for hydroxylation is 1. The van der Waals surface area contributed by atoms with Crippen molar-refractivity contribution in [3.8, 4) is 11.4 Å². The van der Waals surface area contributed by atoms with Crippen LogP contribution in [-0.4, -0.2) is 20.2 Å². The number of benzene rings is 1. The average molecular weight is 285 g/mol. The molecule has 0 bridgehead atoms. The van der Waals surface area contributed by atoms with E-state index >= 15 is 0 Å². The fourth-order valence-corrected chi connectivity index (χ4v) is 3.37. The van der Waals surface area contributed by atoms with Crippen molar-refractivity contribution >= 4 is 5.69 Å². The SMILES string of the molecule is Cc1cc(N)ccc1-c1nnnn1C1CCCCCC1C. The maximum atomic E-state index is 5.85. The Bertz CT molecular complexity index is 619. The summed E-state index contributed by atoms with van der Waals surface area (Å²) in [5.74, 6) is 1.48. The number of rotatable bonds is 2. The average Bonchev–Trinajstić information content (AvgIpc) is 2.81. The van der Waals surface area contributed by atoms with Gasteiger partial charge >= 0.3 is 0 Å². The highest BCUT2D eigenvalue weighted by Gasteiger charge is 2.26. The van der Waals surface area contributed by atoms with E-state index in [2.05, 4.69) is 29.4 Å². The van der Waals surface area contributed by atoms with Gasteiger partial charge in [0.25, 0.3) is 0 Å². The molecule has 2 N–H and O–H groups in total. The fraction of sp³-hybridized carbons (Fsp3) is 0.562. The number of tetrazole rings is 1. The van der Waals surface area contributed by atoms with Crippen molar-refractivity contribution in [2.24, 2.45) is 5.92 Å². The van der Waals surface area contributed by atoms with Gasteiger partial charge in [-0.05, 0) is 59.9 Å². The van der Waals surface area contributed by atoms with Gasteiger partial charge in [0.2, 0.25) is 0 Å². The highest BCUT2D eigenvalue weighted by Crippen LogP contribution is 2.34. The van der Waals surface area contributed by atoms with E-state index in [1.165, 1.54) is 25.7 Å². The summed E-state index contributed by atoms with van der Waals surface area (Å²) in [6.07, 6.45) is 6.31. The number of anilines is 1. The second kappa shape index (κ2) is 5.84. The van der Waals surface area contributed by atoms with Crippen LogP contribution in [0, 0.1) is 12.8 Å². The Morgan fingerprint density at radius 1 is 1.19 bits per heavy atom. The van der Waals surface area contributed by atoms with Gasteiger partial charge in [0.1, 0.15) is 0 Å². The standard InChI is InChI=1S/C16H23N5/c1-11-6-4-3-5-7-15(11)21-16(18-19-20-21)14-9-8-13(17)10-12(14)2/h8-11,15H,3-7,17H2,1-2H3. The summed E-state index contributed by atoms with van der Waals surface area (Å²) < 4.78 is 2.04. The summed E-state index contributed by atoms with van der Waals surface area (Å²) in [5, 5.41) is 12.5. The van der Waals surface area contributed by atoms with Gasteiger partial charge in [0.05, 0.1) is 6.04 Å². The lowest BCUT2D eigenvalue weighted by Gasteiger charge is -2.22. The van der Waals surface area contributed by atoms with Crippen molar-refractivity contribution < 1.29 is 0 Å². The molecule has 2 aromatic rings. The van der Waals surface area contributed by atoms with Crippen molar-refractivity contribution in [3.05, 3.63) is 23.8 Å². The largest absolute Gasteiger partial charge is 0.399 e. The first kappa shape index (κ1) is 14.0. The van der Waals surface area contributed by atoms with E-state index in [1.54, 1.807) is 0 Å². The summed E-state index contributed by atoms with van der Waals surface area (Å²) in [6, 6.07) is 6.31. The molecule has 0 radical (unpaired) electrons. The Labute approximate surface area is 125 Å². The Morgan fingerprint density at radius 3 is 2.81 bits per heavy atom. The molecule has 2 atom stereocenters. The van der Waals surface area contributed by atoms with E-state index in [9.17, 15) is 0 Å². The third-order valence-electron chi connectivity index (χ3n) is 4.61. The molecule has 112 valence electrons. The molecule has 0 aliphatic heterocycles. The minimum Gasteiger partial charge on any atom is -0.399 e. The van der Waals surface area contributed by atoms with Crippen LogP contribution in [0.2, 0.25) is 0 Å². The van der Waals surface area contributed by atoms with Crippen molar-refractivity contribution in [2.45, 2.75) is 52.0 Å². The lowest BCUT2D eigenvalue weighted by atomic mass is 9.96. The number of hydrogen-bond donors (Lipinski definition) is 1. The molecule has 5 heteroatoms. The van der Waals surface area contributed by atoms with Crippen LogP contribution in [0.4, 0.5) is 5.69 Å². The molecule has 0 saturated heterocycles. The van der Waals surface area contributed by atoms with Crippen molar-refractivity contribution in [1.82, 2.24) is 20.2 Å². The van der Waals surface area contributed by atoms with Crippen LogP contribution in [0.3, 0.4) is 0 Å². The van der Waals surface area contributed by atoms with Gasteiger partial charge in [0.15, 0.2) is 5.82 Å². The molecule has 21 heavy (non-hydrogen) atoms. The van der Waals surface area contributed by atoms with Crippen LogP contribution in [-0.2, 0) is 0 Å². The topological polar surface area (TPSA) is 69.6 Å². The second-order valence-electron chi connectivity index (χ2n) is 6.20. The minimum absolute atomic E-state index is 0.398. The van der Waals surface area contributed by atoms with Gasteiger partial charge < -0.3 is 5.73 Å². The summed E-state index contributed by atoms with van der Waals surface area (Å²) in [6.45, 7) is 4.37. The van der Waals surface area contributed by atoms with E-state index in [1.807, 2.05) is 22.9 Å². The van der Waals surface area contributed by atoms with Gasteiger partial charge in [0, 0.05) is 11.3 Å². The van der Waals surface area contributed by atoms with Gasteiger partial charge in [-0.25, -0.2) is 4.68 Å². The van der Waals surface area contributed by atoms with Crippen LogP contribution in [0.1, 0.15) is 50.6 Å². The molecular weight excluding hydrogens is 262 g/mol. The number of aromatic nitrogens is 4. The lowest BCUT2D eigenvalue weighted by molar-refractivity contribution is 0.306. The number of nitrogens with zero attached hydrogens (tertiary/aromatic N) is 4. The van der Waals surface area contributed by atoms with Crippen LogP contribution in [0.15, 0.2) is 18.2 Å². The van der Waals surface area contributed by atoms with Crippen LogP contribution < -0.4 is 5.73 Å². The van der Waals surface area contributed by atoms with Crippen molar-refractivity contribution in [3.63, 3.8) is 0 Å². The molecule has 2 unspecified atom stereocenters. The Hall–Kier alpha value is -1.91. The highest BCUT2D eigenvalue weighted by atomic mass is 15.5. The van der Waals surface area contributed by atoms with Crippen LogP contribution >= 0.6 is 0 Å². The predicted molar refractivity (Wildman–Crippen MR) is 83.7 cm³/mol. The quantitative estimate of drug-likeness (QED) is 0.678. The zero-order chi connectivity index (χ0) is 14.8. The maximum Gasteiger partial charge on any atom is 0.182 e. The number of nitrogen functional groups attached to an aromatic ring is 1. The van der Waals surface area contributed by atoms with E-state index in [4.69, 9.17) is 5.73 Å². The van der Waals surface area contributed by atoms with E-state index < -0.39 is 0 Å². The van der Waals surface area contributed by atoms with Gasteiger partial charge in [-0.1, -0.05) is 26.2 Å². The Kier molecular flexibility index (Phi) is 3.90. The zero-order valence-corrected chi connectivity index (χ0v) is 12.8. The number of nitrogens with two attached hydrogens (primary N) is 1. The fourth-order valence-electron chi connectivity index (χ4n) is 3.37. The van der Waals surface area contributed by atoms with E-state index in [-0.39, 0.29) is 0 Å². The lowest BCUT2D eigenvalue weighted by Crippen LogP contribution is -2.19. The third kappa shape index (κ3) is 2.77. The maximum absolute atomic E-state index is 5.85. The molecule has 1 aliphatic rings. The minimum atomic E-state index is 0.398. The summed E-state index contributed by atoms with van der Waals surface area (Å²) in [4.78, 5) is 0. The monoisotopic (exact) mass is 285 g/mol. The van der Waals surface area contributed by atoms with E-state index in [0.717, 1.165) is 29.1 Å². The molecule has 0 amide bonds. The normalized spacial score (nSPS) is 23.0. The second-order valence-corrected chi connectivity index (χ2v) is 6.20. The molecule has 1 aromatic heterocycles. The van der Waals surface area contributed by atoms with Crippen molar-refractivity contribution in [1.29, 1.82) is 0 Å². The number of hydrogen-bond acceptors (Lipinski definition) is 4. The predicted octanol–water partition coefficient (Wildman–Crippen LogP) is 3.37. The summed E-state index contributed by atoms with van der Waals surface area (Å²) in [7, 11) is 0. The first-order valence-corrected chi connectivity index (χ1v) is 7.81. The molecule has 0 spiro atoms. The molecule has 1 saturated carbocycles. The molecule has 3 rings (SSSR count). The Balaban J connectivity index is 2.00. The summed E-state index contributed by atoms with van der Waals surface area (Å²) >= 11 is 0. The summed E-state index contributed by atoms with van der Waals surface area (Å²) in [5.41, 5.74) is 8.81.